The molecule has 0 amide bonds. The van der Waals surface area contributed by atoms with Crippen LogP contribution in [0.5, 0.6) is 0 Å². The molecule has 0 aliphatic heterocycles. The summed E-state index contributed by atoms with van der Waals surface area (Å²) in [7, 11) is -0.177. The molecule has 1 rings (SSSR count). The predicted molar refractivity (Wildman–Crippen MR) is 193 cm³/mol. The van der Waals surface area contributed by atoms with E-state index in [1.807, 2.05) is 0 Å². The van der Waals surface area contributed by atoms with Gasteiger partial charge < -0.3 is 0 Å². The third-order valence-electron chi connectivity index (χ3n) is 10.7. The Balaban J connectivity index is 3.62. The average Bonchev–Trinajstić information content (AvgIpc) is 2.93. The van der Waals surface area contributed by atoms with E-state index in [9.17, 15) is 5.11 Å². The quantitative estimate of drug-likeness (QED) is 0.0727. The monoisotopic (exact) mass is 728 g/mol. The Hall–Kier alpha value is 0.0756. The van der Waals surface area contributed by atoms with Crippen molar-refractivity contribution in [3.63, 3.8) is 0 Å². The Kier molecular flexibility index (Phi) is 18.8. The van der Waals surface area contributed by atoms with Gasteiger partial charge in [-0.05, 0) is 0 Å². The zero-order chi connectivity index (χ0) is 32.8. The van der Waals surface area contributed by atoms with Crippen LogP contribution in [0, 0.1) is 17.8 Å². The standard InChI is InChI=1S/C25H45O4Si.3C4H9.Sn/c1-18(2)21-15-19(3)16-23(28-17-27-8)24(21)20(4)22(26)13-11-12-14-29-30(9,10)25(5,6)7;3*1-3-4-2;/h13,16,20-24,26H,1,12,14-15,17H2,2-10H3;3*1,3-4H2,2H3;/t20-,21-,22+,23+,24?;;;;/m0..../s1. The van der Waals surface area contributed by atoms with Gasteiger partial charge in [-0.2, -0.15) is 0 Å². The molecule has 0 aromatic rings. The van der Waals surface area contributed by atoms with E-state index in [0.29, 0.717) is 0 Å². The SMILES string of the molecule is C=C(C)[C@@H]1CC(C)=C[C@@H](OCOC)C1[C@@H](C)[C@H](O)/C=[C](\CCO[Si](C)(C)C(C)(C)C)[Sn]([CH2]CCC)([CH2]CCC)[CH2]CCC. The molecule has 43 heavy (non-hydrogen) atoms. The molecule has 4 nitrogen and oxygen atoms in total. The fraction of sp³-hybridized carbons (Fsp3) is 0.838. The molecular weight excluding hydrogens is 655 g/mol. The summed E-state index contributed by atoms with van der Waals surface area (Å²) in [6.45, 7) is 30.7. The predicted octanol–water partition coefficient (Wildman–Crippen LogP) is 10.9. The summed E-state index contributed by atoms with van der Waals surface area (Å²) in [5, 5.41) is 12.4. The van der Waals surface area contributed by atoms with Gasteiger partial charge in [-0.15, -0.1) is 0 Å². The zero-order valence-electron chi connectivity index (χ0n) is 30.6. The van der Waals surface area contributed by atoms with Crippen LogP contribution < -0.4 is 0 Å². The normalized spacial score (nSPS) is 21.9. The van der Waals surface area contributed by atoms with Crippen LogP contribution in [0.15, 0.2) is 33.5 Å². The minimum atomic E-state index is -2.81. The second kappa shape index (κ2) is 19.7. The molecule has 0 saturated carbocycles. The molecule has 1 unspecified atom stereocenters. The van der Waals surface area contributed by atoms with E-state index < -0.39 is 32.8 Å². The van der Waals surface area contributed by atoms with E-state index in [1.165, 1.54) is 63.0 Å². The second-order valence-corrected chi connectivity index (χ2v) is 33.5. The van der Waals surface area contributed by atoms with E-state index >= 15 is 0 Å². The topological polar surface area (TPSA) is 47.9 Å². The van der Waals surface area contributed by atoms with Crippen LogP contribution in [-0.2, 0) is 13.9 Å². The molecule has 0 saturated heterocycles. The summed E-state index contributed by atoms with van der Waals surface area (Å²) < 4.78 is 24.2. The van der Waals surface area contributed by atoms with Crippen molar-refractivity contribution in [3.05, 3.63) is 33.5 Å². The number of unbranched alkanes of at least 4 members (excludes halogenated alkanes) is 3. The number of rotatable bonds is 21. The first-order chi connectivity index (χ1) is 20.1. The summed E-state index contributed by atoms with van der Waals surface area (Å²) in [6.07, 6.45) is 13.7. The van der Waals surface area contributed by atoms with Crippen molar-refractivity contribution in [2.75, 3.05) is 20.5 Å². The van der Waals surface area contributed by atoms with E-state index in [1.54, 1.807) is 10.7 Å². The van der Waals surface area contributed by atoms with Crippen molar-refractivity contribution in [2.24, 2.45) is 17.8 Å². The van der Waals surface area contributed by atoms with Gasteiger partial charge in [-0.3, -0.25) is 0 Å². The number of hydrogen-bond acceptors (Lipinski definition) is 4. The maximum absolute atomic E-state index is 12.2. The Bertz CT molecular complexity index is 853. The van der Waals surface area contributed by atoms with Gasteiger partial charge >= 0.3 is 275 Å². The van der Waals surface area contributed by atoms with Crippen molar-refractivity contribution < 1.29 is 19.0 Å². The first kappa shape index (κ1) is 41.1. The van der Waals surface area contributed by atoms with Crippen LogP contribution in [0.2, 0.25) is 31.4 Å². The fourth-order valence-electron chi connectivity index (χ4n) is 6.79. The van der Waals surface area contributed by atoms with Gasteiger partial charge in [-0.1, -0.05) is 0 Å². The van der Waals surface area contributed by atoms with Gasteiger partial charge in [0.25, 0.3) is 0 Å². The number of allylic oxidation sites excluding steroid dienone is 2. The van der Waals surface area contributed by atoms with Gasteiger partial charge in [-0.25, -0.2) is 0 Å². The molecule has 0 spiro atoms. The van der Waals surface area contributed by atoms with E-state index in [2.05, 4.69) is 94.1 Å². The van der Waals surface area contributed by atoms with Crippen molar-refractivity contribution in [3.8, 4) is 0 Å². The maximum atomic E-state index is 12.2. The zero-order valence-corrected chi connectivity index (χ0v) is 34.5. The third kappa shape index (κ3) is 12.7. The molecule has 0 aromatic carbocycles. The van der Waals surface area contributed by atoms with Gasteiger partial charge in [0.05, 0.1) is 0 Å². The molecule has 1 aliphatic carbocycles. The van der Waals surface area contributed by atoms with Crippen LogP contribution >= 0.6 is 0 Å². The summed E-state index contributed by atoms with van der Waals surface area (Å²) in [5.41, 5.74) is 2.51. The van der Waals surface area contributed by atoms with Crippen molar-refractivity contribution in [2.45, 2.75) is 157 Å². The first-order valence-electron chi connectivity index (χ1n) is 17.6. The Labute approximate surface area is 273 Å². The van der Waals surface area contributed by atoms with E-state index in [-0.39, 0.29) is 35.7 Å². The average molecular weight is 728 g/mol. The van der Waals surface area contributed by atoms with Crippen molar-refractivity contribution in [1.29, 1.82) is 0 Å². The molecule has 0 heterocycles. The number of aliphatic hydroxyl groups excluding tert-OH is 1. The van der Waals surface area contributed by atoms with Crippen LogP contribution in [0.1, 0.15) is 114 Å². The van der Waals surface area contributed by atoms with Crippen LogP contribution in [0.4, 0.5) is 0 Å². The van der Waals surface area contributed by atoms with Gasteiger partial charge in [0.1, 0.15) is 0 Å². The molecule has 1 N–H and O–H groups in total. The Morgan fingerprint density at radius 1 is 1.09 bits per heavy atom. The number of hydrogen-bond donors (Lipinski definition) is 1. The first-order valence-corrected chi connectivity index (χ1v) is 28.0. The summed E-state index contributed by atoms with van der Waals surface area (Å²) in [6, 6.07) is 0. The molecular formula is C37H72O4SiSn. The summed E-state index contributed by atoms with van der Waals surface area (Å²) >= 11 is -2.81. The van der Waals surface area contributed by atoms with Crippen LogP contribution in [-0.4, -0.2) is 64.5 Å². The van der Waals surface area contributed by atoms with Gasteiger partial charge in [0, 0.05) is 0 Å². The van der Waals surface area contributed by atoms with E-state index in [0.717, 1.165) is 19.4 Å². The van der Waals surface area contributed by atoms with Gasteiger partial charge in [0.15, 0.2) is 0 Å². The molecule has 0 bridgehead atoms. The third-order valence-corrected chi connectivity index (χ3v) is 31.6. The van der Waals surface area contributed by atoms with Crippen molar-refractivity contribution >= 4 is 26.7 Å². The molecule has 0 aromatic heterocycles. The van der Waals surface area contributed by atoms with Crippen molar-refractivity contribution in [1.82, 2.24) is 0 Å². The molecule has 5 atom stereocenters. The molecule has 0 radical (unpaired) electrons. The minimum absolute atomic E-state index is 0.0386. The molecule has 252 valence electrons. The number of methoxy groups -OCH3 is 1. The van der Waals surface area contributed by atoms with E-state index in [4.69, 9.17) is 13.9 Å². The molecule has 0 fully saturated rings. The van der Waals surface area contributed by atoms with Crippen LogP contribution in [0.3, 0.4) is 0 Å². The molecule has 1 aliphatic rings. The van der Waals surface area contributed by atoms with Gasteiger partial charge in [0.2, 0.25) is 0 Å². The number of ether oxygens (including phenoxy) is 2. The van der Waals surface area contributed by atoms with Crippen LogP contribution in [0.25, 0.3) is 0 Å². The Morgan fingerprint density at radius 3 is 2.07 bits per heavy atom. The second-order valence-electron chi connectivity index (χ2n) is 15.3. The Morgan fingerprint density at radius 2 is 1.63 bits per heavy atom. The summed E-state index contributed by atoms with van der Waals surface area (Å²) in [4.78, 5) is 0. The fourth-order valence-corrected chi connectivity index (χ4v) is 24.9. The number of aliphatic hydroxyl groups is 1. The molecule has 6 heteroatoms. The summed E-state index contributed by atoms with van der Waals surface area (Å²) in [5.74, 6) is 0.472.